The number of H-pyrrole nitrogens is 1. The Labute approximate surface area is 193 Å². The third-order valence-corrected chi connectivity index (χ3v) is 5.48. The highest BCUT2D eigenvalue weighted by molar-refractivity contribution is 9.10. The van der Waals surface area contributed by atoms with Crippen molar-refractivity contribution in [1.82, 2.24) is 9.97 Å². The van der Waals surface area contributed by atoms with Gasteiger partial charge in [0.15, 0.2) is 11.5 Å². The van der Waals surface area contributed by atoms with Crippen molar-refractivity contribution in [1.29, 1.82) is 5.26 Å². The Balaban J connectivity index is 1.55. The maximum atomic E-state index is 9.33. The van der Waals surface area contributed by atoms with E-state index in [4.69, 9.17) is 21.1 Å². The first-order chi connectivity index (χ1) is 15.1. The minimum absolute atomic E-state index is 0.259. The molecule has 0 radical (unpaired) electrons. The van der Waals surface area contributed by atoms with Crippen LogP contribution in [0.1, 0.15) is 11.1 Å². The summed E-state index contributed by atoms with van der Waals surface area (Å²) in [5.74, 6) is 1.93. The normalized spacial score (nSPS) is 10.5. The Bertz CT molecular complexity index is 1260. The van der Waals surface area contributed by atoms with Crippen LogP contribution in [0, 0.1) is 11.3 Å². The maximum absolute atomic E-state index is 9.33. The lowest BCUT2D eigenvalue weighted by Gasteiger charge is -2.12. The van der Waals surface area contributed by atoms with Gasteiger partial charge in [-0.15, -0.1) is 0 Å². The summed E-state index contributed by atoms with van der Waals surface area (Å²) in [6.45, 7) is 0.259. The number of nitrogens with zero attached hydrogens (tertiary/aromatic N) is 2. The first kappa shape index (κ1) is 21.0. The van der Waals surface area contributed by atoms with Crippen molar-refractivity contribution in [2.45, 2.75) is 6.61 Å². The molecule has 0 amide bonds. The van der Waals surface area contributed by atoms with Crippen LogP contribution in [0.2, 0.25) is 5.02 Å². The van der Waals surface area contributed by atoms with Gasteiger partial charge in [-0.25, -0.2) is 4.98 Å². The highest BCUT2D eigenvalue weighted by Crippen LogP contribution is 2.33. The number of nitrogens with one attached hydrogen (secondary N) is 1. The summed E-state index contributed by atoms with van der Waals surface area (Å²) in [5, 5.41) is 10.0. The molecule has 1 heterocycles. The number of ether oxygens (including phenoxy) is 2. The molecule has 0 aliphatic carbocycles. The molecule has 0 saturated heterocycles. The van der Waals surface area contributed by atoms with Crippen molar-refractivity contribution in [3.63, 3.8) is 0 Å². The number of hydrogen-bond donors (Lipinski definition) is 1. The summed E-state index contributed by atoms with van der Waals surface area (Å²) in [6, 6.07) is 20.9. The lowest BCUT2D eigenvalue weighted by molar-refractivity contribution is 0.284. The molecule has 1 aromatic heterocycles. The molecule has 0 aliphatic heterocycles. The molecule has 4 rings (SSSR count). The van der Waals surface area contributed by atoms with E-state index in [-0.39, 0.29) is 6.61 Å². The molecular formula is C24H17BrClN3O2. The number of methoxy groups -OCH3 is 1. The predicted molar refractivity (Wildman–Crippen MR) is 124 cm³/mol. The third-order valence-electron chi connectivity index (χ3n) is 4.73. The molecule has 0 bridgehead atoms. The van der Waals surface area contributed by atoms with Crippen LogP contribution in [0.4, 0.5) is 0 Å². The Morgan fingerprint density at radius 2 is 1.81 bits per heavy atom. The molecule has 0 unspecified atom stereocenters. The van der Waals surface area contributed by atoms with Crippen molar-refractivity contribution in [3.05, 3.63) is 87.5 Å². The zero-order valence-corrected chi connectivity index (χ0v) is 18.9. The molecule has 154 valence electrons. The van der Waals surface area contributed by atoms with Gasteiger partial charge in [-0.05, 0) is 54.6 Å². The van der Waals surface area contributed by atoms with Gasteiger partial charge >= 0.3 is 0 Å². The summed E-state index contributed by atoms with van der Waals surface area (Å²) in [6.07, 6.45) is 1.85. The molecule has 1 N–H and O–H groups in total. The zero-order chi connectivity index (χ0) is 21.8. The fraction of sp³-hybridized carbons (Fsp3) is 0.0833. The Kier molecular flexibility index (Phi) is 6.26. The van der Waals surface area contributed by atoms with Crippen LogP contribution in [0.3, 0.4) is 0 Å². The second-order valence-electron chi connectivity index (χ2n) is 6.71. The molecule has 0 atom stereocenters. The molecule has 3 aromatic carbocycles. The third kappa shape index (κ3) is 4.74. The van der Waals surface area contributed by atoms with Gasteiger partial charge in [0.25, 0.3) is 0 Å². The van der Waals surface area contributed by atoms with Gasteiger partial charge in [-0.2, -0.15) is 5.26 Å². The van der Waals surface area contributed by atoms with Crippen molar-refractivity contribution in [3.8, 4) is 40.2 Å². The highest BCUT2D eigenvalue weighted by atomic mass is 79.9. The van der Waals surface area contributed by atoms with Gasteiger partial charge in [-0.1, -0.05) is 33.6 Å². The van der Waals surface area contributed by atoms with E-state index < -0.39 is 0 Å². The second-order valence-corrected chi connectivity index (χ2v) is 8.06. The van der Waals surface area contributed by atoms with E-state index in [2.05, 4.69) is 32.0 Å². The van der Waals surface area contributed by atoms with E-state index in [9.17, 15) is 5.26 Å². The number of benzene rings is 3. The second kappa shape index (κ2) is 9.25. The number of hydrogen-bond acceptors (Lipinski definition) is 4. The smallest absolute Gasteiger partial charge is 0.161 e. The fourth-order valence-corrected chi connectivity index (χ4v) is 3.59. The van der Waals surface area contributed by atoms with Crippen LogP contribution in [0.25, 0.3) is 22.6 Å². The Hall–Kier alpha value is -3.27. The molecule has 5 nitrogen and oxygen atoms in total. The summed E-state index contributed by atoms with van der Waals surface area (Å²) in [4.78, 5) is 7.87. The van der Waals surface area contributed by atoms with Gasteiger partial charge in [0.1, 0.15) is 12.4 Å². The molecule has 7 heteroatoms. The van der Waals surface area contributed by atoms with E-state index in [1.54, 1.807) is 13.2 Å². The monoisotopic (exact) mass is 493 g/mol. The van der Waals surface area contributed by atoms with Gasteiger partial charge in [-0.3, -0.25) is 0 Å². The average molecular weight is 495 g/mol. The number of aromatic amines is 1. The van der Waals surface area contributed by atoms with Crippen LogP contribution in [0.5, 0.6) is 11.5 Å². The molecule has 0 aliphatic rings. The van der Waals surface area contributed by atoms with Gasteiger partial charge < -0.3 is 14.5 Å². The summed E-state index contributed by atoms with van der Waals surface area (Å²) in [7, 11) is 1.59. The Morgan fingerprint density at radius 3 is 2.55 bits per heavy atom. The summed E-state index contributed by atoms with van der Waals surface area (Å²) >= 11 is 9.34. The minimum atomic E-state index is 0.259. The topological polar surface area (TPSA) is 70.9 Å². The minimum Gasteiger partial charge on any atom is -0.493 e. The molecule has 31 heavy (non-hydrogen) atoms. The zero-order valence-electron chi connectivity index (χ0n) is 16.5. The van der Waals surface area contributed by atoms with Crippen molar-refractivity contribution in [2.75, 3.05) is 7.11 Å². The SMILES string of the molecule is COc1cc(-c2c[nH]c(-c3ccc(Cl)cc3)n2)ccc1OCc1ccc(Br)cc1C#N. The number of aromatic nitrogens is 2. The lowest BCUT2D eigenvalue weighted by atomic mass is 10.1. The molecule has 0 spiro atoms. The summed E-state index contributed by atoms with van der Waals surface area (Å²) < 4.78 is 12.3. The largest absolute Gasteiger partial charge is 0.493 e. The van der Waals surface area contributed by atoms with E-state index in [0.717, 1.165) is 32.7 Å². The van der Waals surface area contributed by atoms with Crippen molar-refractivity contribution in [2.24, 2.45) is 0 Å². The maximum Gasteiger partial charge on any atom is 0.161 e. The van der Waals surface area contributed by atoms with Crippen LogP contribution >= 0.6 is 27.5 Å². The van der Waals surface area contributed by atoms with Crippen molar-refractivity contribution < 1.29 is 9.47 Å². The van der Waals surface area contributed by atoms with Crippen LogP contribution in [0.15, 0.2) is 71.3 Å². The number of imidazole rings is 1. The predicted octanol–water partition coefficient (Wildman–Crippen LogP) is 6.62. The van der Waals surface area contributed by atoms with E-state index in [1.165, 1.54) is 0 Å². The standard InChI is InChI=1S/C24H17BrClN3O2/c1-30-23-11-16(21-13-28-24(29-21)15-3-7-20(26)8-4-15)5-9-22(23)31-14-17-2-6-19(25)10-18(17)12-27/h2-11,13H,14H2,1H3,(H,28,29). The van der Waals surface area contributed by atoms with E-state index in [0.29, 0.717) is 22.1 Å². The highest BCUT2D eigenvalue weighted by Gasteiger charge is 2.12. The quantitative estimate of drug-likeness (QED) is 0.327. The summed E-state index contributed by atoms with van der Waals surface area (Å²) in [5.41, 5.74) is 4.00. The van der Waals surface area contributed by atoms with E-state index in [1.807, 2.05) is 60.8 Å². The van der Waals surface area contributed by atoms with Gasteiger partial charge in [0.2, 0.25) is 0 Å². The number of rotatable bonds is 6. The average Bonchev–Trinajstić information content (AvgIpc) is 3.29. The first-order valence-electron chi connectivity index (χ1n) is 9.38. The van der Waals surface area contributed by atoms with Crippen LogP contribution in [-0.4, -0.2) is 17.1 Å². The first-order valence-corrected chi connectivity index (χ1v) is 10.6. The molecule has 0 saturated carbocycles. The molecule has 4 aromatic rings. The number of halogens is 2. The molecule has 0 fully saturated rings. The lowest BCUT2D eigenvalue weighted by Crippen LogP contribution is -2.00. The fourth-order valence-electron chi connectivity index (χ4n) is 3.11. The van der Waals surface area contributed by atoms with Gasteiger partial charge in [0, 0.05) is 32.4 Å². The number of nitriles is 1. The van der Waals surface area contributed by atoms with Crippen molar-refractivity contribution >= 4 is 27.5 Å². The molecular weight excluding hydrogens is 478 g/mol. The van der Waals surface area contributed by atoms with Gasteiger partial charge in [0.05, 0.1) is 24.4 Å². The Morgan fingerprint density at radius 1 is 1.03 bits per heavy atom. The van der Waals surface area contributed by atoms with Crippen LogP contribution < -0.4 is 9.47 Å². The van der Waals surface area contributed by atoms with Crippen LogP contribution in [-0.2, 0) is 6.61 Å². The van der Waals surface area contributed by atoms with E-state index >= 15 is 0 Å².